The van der Waals surface area contributed by atoms with Crippen LogP contribution in [0, 0.1) is 6.92 Å². The Morgan fingerprint density at radius 1 is 1.43 bits per heavy atom. The Hall–Kier alpha value is -1.93. The molecule has 0 fully saturated rings. The monoisotopic (exact) mass is 397 g/mol. The Morgan fingerprint density at radius 3 is 2.78 bits per heavy atom. The van der Waals surface area contributed by atoms with Crippen molar-refractivity contribution >= 4 is 44.9 Å². The summed E-state index contributed by atoms with van der Waals surface area (Å²) in [6.07, 6.45) is 0.151. The molecule has 0 spiro atoms. The summed E-state index contributed by atoms with van der Waals surface area (Å²) in [5.74, 6) is -0.254. The van der Waals surface area contributed by atoms with E-state index in [2.05, 4.69) is 26.5 Å². The summed E-state index contributed by atoms with van der Waals surface area (Å²) in [6.45, 7) is 3.50. The lowest BCUT2D eigenvalue weighted by molar-refractivity contribution is -0.305. The number of thiophene rings is 1. The zero-order valence-electron chi connectivity index (χ0n) is 12.5. The first kappa shape index (κ1) is 17.4. The minimum absolute atomic E-state index is 0.105. The van der Waals surface area contributed by atoms with Crippen LogP contribution in [0.4, 0.5) is 0 Å². The van der Waals surface area contributed by atoms with Gasteiger partial charge in [-0.25, -0.2) is 5.43 Å². The quantitative estimate of drug-likeness (QED) is 0.597. The van der Waals surface area contributed by atoms with Crippen LogP contribution in [-0.2, 0) is 11.2 Å². The normalized spacial score (nSPS) is 11.5. The first-order valence-electron chi connectivity index (χ1n) is 6.76. The van der Waals surface area contributed by atoms with Crippen molar-refractivity contribution in [3.8, 4) is 0 Å². The van der Waals surface area contributed by atoms with Crippen LogP contribution in [0.25, 0.3) is 0 Å². The Kier molecular flexibility index (Phi) is 5.73. The third-order valence-corrected chi connectivity index (χ3v) is 4.68. The van der Waals surface area contributed by atoms with E-state index in [1.54, 1.807) is 32.0 Å². The molecule has 122 valence electrons. The number of hydrazone groups is 1. The second-order valence-electron chi connectivity index (χ2n) is 4.80. The highest BCUT2D eigenvalue weighted by atomic mass is 79.9. The summed E-state index contributed by atoms with van der Waals surface area (Å²) in [5.41, 5.74) is 3.80. The molecule has 2 heterocycles. The zero-order chi connectivity index (χ0) is 17.0. The van der Waals surface area contributed by atoms with Crippen molar-refractivity contribution in [3.05, 3.63) is 43.9 Å². The molecule has 0 aliphatic heterocycles. The van der Waals surface area contributed by atoms with Gasteiger partial charge in [0.2, 0.25) is 0 Å². The molecule has 0 saturated heterocycles. The number of carbonyl (C=O) groups excluding carboxylic acids is 2. The van der Waals surface area contributed by atoms with Crippen LogP contribution in [0.15, 0.2) is 31.5 Å². The van der Waals surface area contributed by atoms with E-state index in [1.807, 2.05) is 0 Å². The van der Waals surface area contributed by atoms with Crippen molar-refractivity contribution in [2.24, 2.45) is 5.10 Å². The van der Waals surface area contributed by atoms with Crippen LogP contribution in [0.2, 0.25) is 0 Å². The standard InChI is InChI=1S/C15H15BrN2O4S/c1-8(17-18-15(21)12-4-5-13(16)23-12)11-7-10(22-9(11)2)3-6-14(19)20/h4-5,7H,3,6H2,1-2H3,(H,18,21)(H,19,20)/p-1/b17-8-. The van der Waals surface area contributed by atoms with E-state index < -0.39 is 5.97 Å². The number of amides is 1. The number of nitrogens with one attached hydrogen (secondary N) is 1. The molecule has 2 rings (SSSR count). The molecule has 2 aromatic rings. The molecule has 23 heavy (non-hydrogen) atoms. The van der Waals surface area contributed by atoms with Gasteiger partial charge in [-0.05, 0) is 54.4 Å². The summed E-state index contributed by atoms with van der Waals surface area (Å²) in [7, 11) is 0. The van der Waals surface area contributed by atoms with Gasteiger partial charge in [-0.2, -0.15) is 5.10 Å². The Bertz CT molecular complexity index is 763. The lowest BCUT2D eigenvalue weighted by atomic mass is 10.1. The van der Waals surface area contributed by atoms with Gasteiger partial charge in [0, 0.05) is 18.0 Å². The number of hydrogen-bond acceptors (Lipinski definition) is 6. The number of carboxylic acids is 1. The second kappa shape index (κ2) is 7.56. The van der Waals surface area contributed by atoms with E-state index in [1.165, 1.54) is 11.3 Å². The van der Waals surface area contributed by atoms with Gasteiger partial charge in [-0.1, -0.05) is 0 Å². The predicted octanol–water partition coefficient (Wildman–Crippen LogP) is 2.25. The number of carboxylic acid groups (broad SMARTS) is 1. The van der Waals surface area contributed by atoms with E-state index in [-0.39, 0.29) is 18.7 Å². The maximum Gasteiger partial charge on any atom is 0.281 e. The van der Waals surface area contributed by atoms with E-state index in [9.17, 15) is 14.7 Å². The van der Waals surface area contributed by atoms with Crippen LogP contribution < -0.4 is 10.5 Å². The van der Waals surface area contributed by atoms with Gasteiger partial charge < -0.3 is 14.3 Å². The zero-order valence-corrected chi connectivity index (χ0v) is 14.9. The van der Waals surface area contributed by atoms with E-state index in [0.29, 0.717) is 22.1 Å². The van der Waals surface area contributed by atoms with Crippen molar-refractivity contribution < 1.29 is 19.1 Å². The van der Waals surface area contributed by atoms with Gasteiger partial charge in [0.1, 0.15) is 11.5 Å². The summed E-state index contributed by atoms with van der Waals surface area (Å²) in [6, 6.07) is 5.22. The molecule has 0 bridgehead atoms. The van der Waals surface area contributed by atoms with Crippen LogP contribution in [-0.4, -0.2) is 17.6 Å². The number of hydrogen-bond donors (Lipinski definition) is 1. The summed E-state index contributed by atoms with van der Waals surface area (Å²) in [5, 5.41) is 14.6. The van der Waals surface area contributed by atoms with E-state index >= 15 is 0 Å². The van der Waals surface area contributed by atoms with Crippen LogP contribution >= 0.6 is 27.3 Å². The molecule has 6 nitrogen and oxygen atoms in total. The lowest BCUT2D eigenvalue weighted by Crippen LogP contribution is -2.22. The summed E-state index contributed by atoms with van der Waals surface area (Å²) < 4.78 is 6.36. The number of aryl methyl sites for hydroxylation is 2. The maximum atomic E-state index is 11.9. The molecule has 0 unspecified atom stereocenters. The molecular weight excluding hydrogens is 384 g/mol. The summed E-state index contributed by atoms with van der Waals surface area (Å²) >= 11 is 4.61. The van der Waals surface area contributed by atoms with Gasteiger partial charge in [-0.15, -0.1) is 11.3 Å². The molecule has 0 aromatic carbocycles. The topological polar surface area (TPSA) is 94.7 Å². The number of halogens is 1. The fourth-order valence-electron chi connectivity index (χ4n) is 1.94. The van der Waals surface area contributed by atoms with Crippen molar-refractivity contribution in [2.45, 2.75) is 26.7 Å². The van der Waals surface area contributed by atoms with Crippen molar-refractivity contribution in [3.63, 3.8) is 0 Å². The highest BCUT2D eigenvalue weighted by Gasteiger charge is 2.12. The largest absolute Gasteiger partial charge is 0.550 e. The molecule has 0 aliphatic carbocycles. The number of nitrogens with zero attached hydrogens (tertiary/aromatic N) is 1. The van der Waals surface area contributed by atoms with Gasteiger partial charge in [0.25, 0.3) is 5.91 Å². The molecule has 2 aromatic heterocycles. The average molecular weight is 398 g/mol. The minimum Gasteiger partial charge on any atom is -0.550 e. The number of aliphatic carboxylic acids is 1. The Balaban J connectivity index is 2.05. The first-order chi connectivity index (χ1) is 10.9. The number of carbonyl (C=O) groups is 2. The van der Waals surface area contributed by atoms with Gasteiger partial charge >= 0.3 is 0 Å². The van der Waals surface area contributed by atoms with Crippen LogP contribution in [0.1, 0.15) is 40.1 Å². The second-order valence-corrected chi connectivity index (χ2v) is 7.26. The van der Waals surface area contributed by atoms with Crippen molar-refractivity contribution in [1.29, 1.82) is 0 Å². The molecule has 0 aliphatic rings. The molecular formula is C15H14BrN2O4S-. The highest BCUT2D eigenvalue weighted by molar-refractivity contribution is 9.11. The molecule has 0 radical (unpaired) electrons. The third kappa shape index (κ3) is 4.77. The smallest absolute Gasteiger partial charge is 0.281 e. The highest BCUT2D eigenvalue weighted by Crippen LogP contribution is 2.22. The molecule has 0 atom stereocenters. The maximum absolute atomic E-state index is 11.9. The Morgan fingerprint density at radius 2 is 2.17 bits per heavy atom. The van der Waals surface area contributed by atoms with E-state index in [0.717, 1.165) is 9.35 Å². The van der Waals surface area contributed by atoms with Gasteiger partial charge in [0.05, 0.1) is 14.4 Å². The number of rotatable bonds is 6. The molecule has 8 heteroatoms. The molecule has 1 amide bonds. The SMILES string of the molecule is C/C(=N/NC(=O)c1ccc(Br)s1)c1cc(CCC(=O)[O-])oc1C. The fourth-order valence-corrected chi connectivity index (χ4v) is 3.21. The lowest BCUT2D eigenvalue weighted by Gasteiger charge is -2.00. The predicted molar refractivity (Wildman–Crippen MR) is 88.5 cm³/mol. The van der Waals surface area contributed by atoms with Crippen molar-refractivity contribution in [1.82, 2.24) is 5.43 Å². The van der Waals surface area contributed by atoms with Crippen molar-refractivity contribution in [2.75, 3.05) is 0 Å². The first-order valence-corrected chi connectivity index (χ1v) is 8.37. The molecule has 1 N–H and O–H groups in total. The summed E-state index contributed by atoms with van der Waals surface area (Å²) in [4.78, 5) is 23.0. The average Bonchev–Trinajstić information content (AvgIpc) is 3.08. The Labute approximate surface area is 145 Å². The van der Waals surface area contributed by atoms with Gasteiger partial charge in [0.15, 0.2) is 0 Å². The third-order valence-electron chi connectivity index (χ3n) is 3.06. The van der Waals surface area contributed by atoms with Crippen LogP contribution in [0.5, 0.6) is 0 Å². The minimum atomic E-state index is -1.12. The number of furan rings is 1. The molecule has 0 saturated carbocycles. The fraction of sp³-hybridized carbons (Fsp3) is 0.267. The van der Waals surface area contributed by atoms with Gasteiger partial charge in [-0.3, -0.25) is 4.79 Å². The van der Waals surface area contributed by atoms with Crippen LogP contribution in [0.3, 0.4) is 0 Å². The van der Waals surface area contributed by atoms with E-state index in [4.69, 9.17) is 4.42 Å².